The highest BCUT2D eigenvalue weighted by Crippen LogP contribution is 2.23. The number of esters is 1. The summed E-state index contributed by atoms with van der Waals surface area (Å²) >= 11 is 0. The second-order valence-corrected chi connectivity index (χ2v) is 4.40. The topological polar surface area (TPSA) is 47.9 Å². The average Bonchev–Trinajstić information content (AvgIpc) is 2.46. The van der Waals surface area contributed by atoms with E-state index in [0.29, 0.717) is 12.1 Å². The van der Waals surface area contributed by atoms with Crippen molar-refractivity contribution in [1.29, 1.82) is 0 Å². The molecule has 0 amide bonds. The van der Waals surface area contributed by atoms with Crippen molar-refractivity contribution in [3.8, 4) is 0 Å². The molecule has 4 nitrogen and oxygen atoms in total. The van der Waals surface area contributed by atoms with Gasteiger partial charge in [-0.05, 0) is 41.8 Å². The van der Waals surface area contributed by atoms with Crippen LogP contribution in [-0.2, 0) is 9.47 Å². The summed E-state index contributed by atoms with van der Waals surface area (Å²) in [5.41, 5.74) is 3.79. The lowest BCUT2D eigenvalue weighted by molar-refractivity contribution is 0.0600. The van der Waals surface area contributed by atoms with Gasteiger partial charge >= 0.3 is 5.97 Å². The molecule has 1 aliphatic heterocycles. The molecule has 1 unspecified atom stereocenters. The van der Waals surface area contributed by atoms with Crippen molar-refractivity contribution in [2.45, 2.75) is 13.0 Å². The standard InChI is InChI=1S/C15H17NO3/c1-10-6-11(15(17)19-3)4-5-14(10)12-7-13(18-2)9-16-8-12/h4-7,9,13H,8H2,1-3H3. The van der Waals surface area contributed by atoms with Crippen LogP contribution in [0.15, 0.2) is 29.3 Å². The van der Waals surface area contributed by atoms with Gasteiger partial charge < -0.3 is 9.47 Å². The smallest absolute Gasteiger partial charge is 0.337 e. The molecule has 0 saturated heterocycles. The zero-order valence-corrected chi connectivity index (χ0v) is 11.3. The van der Waals surface area contributed by atoms with E-state index >= 15 is 0 Å². The Kier molecular flexibility index (Phi) is 4.12. The highest BCUT2D eigenvalue weighted by atomic mass is 16.5. The van der Waals surface area contributed by atoms with Gasteiger partial charge in [-0.1, -0.05) is 6.07 Å². The third-order valence-electron chi connectivity index (χ3n) is 3.15. The molecule has 2 rings (SSSR count). The number of carbonyl (C=O) groups is 1. The SMILES string of the molecule is COC(=O)c1ccc(C2=CC(OC)C=NC2)c(C)c1. The van der Waals surface area contributed by atoms with Crippen molar-refractivity contribution in [3.05, 3.63) is 41.0 Å². The number of carbonyl (C=O) groups excluding carboxylic acids is 1. The van der Waals surface area contributed by atoms with Crippen LogP contribution in [0.25, 0.3) is 5.57 Å². The Labute approximate surface area is 112 Å². The lowest BCUT2D eigenvalue weighted by atomic mass is 9.96. The van der Waals surface area contributed by atoms with Gasteiger partial charge in [-0.25, -0.2) is 4.79 Å². The van der Waals surface area contributed by atoms with Gasteiger partial charge in [0.2, 0.25) is 0 Å². The molecule has 0 bridgehead atoms. The van der Waals surface area contributed by atoms with E-state index < -0.39 is 0 Å². The van der Waals surface area contributed by atoms with E-state index in [0.717, 1.165) is 16.7 Å². The monoisotopic (exact) mass is 259 g/mol. The lowest BCUT2D eigenvalue weighted by Gasteiger charge is -2.16. The first-order valence-electron chi connectivity index (χ1n) is 6.08. The van der Waals surface area contributed by atoms with E-state index in [9.17, 15) is 4.79 Å². The molecule has 1 aromatic carbocycles. The summed E-state index contributed by atoms with van der Waals surface area (Å²) in [4.78, 5) is 15.8. The molecule has 100 valence electrons. The van der Waals surface area contributed by atoms with Crippen LogP contribution in [0.2, 0.25) is 0 Å². The van der Waals surface area contributed by atoms with Crippen LogP contribution in [0.3, 0.4) is 0 Å². The van der Waals surface area contributed by atoms with Crippen LogP contribution >= 0.6 is 0 Å². The summed E-state index contributed by atoms with van der Waals surface area (Å²) in [5.74, 6) is -0.319. The highest BCUT2D eigenvalue weighted by Gasteiger charge is 2.14. The maximum Gasteiger partial charge on any atom is 0.337 e. The van der Waals surface area contributed by atoms with E-state index in [1.807, 2.05) is 25.1 Å². The molecule has 1 atom stereocenters. The maximum absolute atomic E-state index is 11.5. The zero-order chi connectivity index (χ0) is 13.8. The normalized spacial score (nSPS) is 18.1. The van der Waals surface area contributed by atoms with Crippen molar-refractivity contribution in [2.24, 2.45) is 4.99 Å². The number of aliphatic imine (C=N–C) groups is 1. The second-order valence-electron chi connectivity index (χ2n) is 4.40. The summed E-state index contributed by atoms with van der Waals surface area (Å²) in [6.07, 6.45) is 3.76. The minimum absolute atomic E-state index is 0.0802. The van der Waals surface area contributed by atoms with Crippen LogP contribution < -0.4 is 0 Å². The Balaban J connectivity index is 2.31. The predicted molar refractivity (Wildman–Crippen MR) is 74.7 cm³/mol. The number of methoxy groups -OCH3 is 2. The van der Waals surface area contributed by atoms with Crippen molar-refractivity contribution < 1.29 is 14.3 Å². The summed E-state index contributed by atoms with van der Waals surface area (Å²) in [5, 5.41) is 0. The first kappa shape index (κ1) is 13.5. The Bertz CT molecular complexity index is 546. The number of hydrogen-bond acceptors (Lipinski definition) is 4. The lowest BCUT2D eigenvalue weighted by Crippen LogP contribution is -2.14. The van der Waals surface area contributed by atoms with E-state index in [-0.39, 0.29) is 12.1 Å². The molecule has 1 aromatic rings. The maximum atomic E-state index is 11.5. The van der Waals surface area contributed by atoms with E-state index in [1.54, 1.807) is 19.4 Å². The molecule has 19 heavy (non-hydrogen) atoms. The fourth-order valence-electron chi connectivity index (χ4n) is 2.12. The van der Waals surface area contributed by atoms with Gasteiger partial charge in [0.1, 0.15) is 6.10 Å². The van der Waals surface area contributed by atoms with Crippen LogP contribution in [0.5, 0.6) is 0 Å². The van der Waals surface area contributed by atoms with E-state index in [1.165, 1.54) is 7.11 Å². The van der Waals surface area contributed by atoms with Gasteiger partial charge in [0, 0.05) is 13.3 Å². The number of ether oxygens (including phenoxy) is 2. The summed E-state index contributed by atoms with van der Waals surface area (Å²) in [6.45, 7) is 2.61. The highest BCUT2D eigenvalue weighted by molar-refractivity contribution is 5.90. The van der Waals surface area contributed by atoms with Crippen molar-refractivity contribution in [3.63, 3.8) is 0 Å². The van der Waals surface area contributed by atoms with Crippen molar-refractivity contribution in [2.75, 3.05) is 20.8 Å². The first-order chi connectivity index (χ1) is 9.15. The minimum Gasteiger partial charge on any atom is -0.465 e. The third kappa shape index (κ3) is 2.90. The average molecular weight is 259 g/mol. The molecule has 0 aliphatic carbocycles. The van der Waals surface area contributed by atoms with Gasteiger partial charge in [-0.15, -0.1) is 0 Å². The van der Waals surface area contributed by atoms with Crippen LogP contribution in [0.1, 0.15) is 21.5 Å². The van der Waals surface area contributed by atoms with Gasteiger partial charge in [0.05, 0.1) is 19.2 Å². The van der Waals surface area contributed by atoms with Crippen molar-refractivity contribution >= 4 is 17.8 Å². The Morgan fingerprint density at radius 1 is 1.37 bits per heavy atom. The number of hydrogen-bond donors (Lipinski definition) is 0. The quantitative estimate of drug-likeness (QED) is 0.782. The summed E-state index contributed by atoms with van der Waals surface area (Å²) in [6, 6.07) is 5.54. The van der Waals surface area contributed by atoms with Crippen molar-refractivity contribution in [1.82, 2.24) is 0 Å². The Morgan fingerprint density at radius 2 is 2.16 bits per heavy atom. The fourth-order valence-corrected chi connectivity index (χ4v) is 2.12. The molecule has 4 heteroatoms. The molecular weight excluding hydrogens is 242 g/mol. The number of benzene rings is 1. The second kappa shape index (κ2) is 5.80. The summed E-state index contributed by atoms with van der Waals surface area (Å²) in [7, 11) is 3.04. The third-order valence-corrected chi connectivity index (χ3v) is 3.15. The van der Waals surface area contributed by atoms with Crippen LogP contribution in [0, 0.1) is 6.92 Å². The predicted octanol–water partition coefficient (Wildman–Crippen LogP) is 2.26. The van der Waals surface area contributed by atoms with Gasteiger partial charge in [0.15, 0.2) is 0 Å². The number of rotatable bonds is 3. The van der Waals surface area contributed by atoms with Gasteiger partial charge in [0.25, 0.3) is 0 Å². The van der Waals surface area contributed by atoms with E-state index in [4.69, 9.17) is 9.47 Å². The molecule has 0 saturated carbocycles. The van der Waals surface area contributed by atoms with Crippen LogP contribution in [-0.4, -0.2) is 39.1 Å². The fraction of sp³-hybridized carbons (Fsp3) is 0.333. The van der Waals surface area contributed by atoms with Gasteiger partial charge in [-0.3, -0.25) is 4.99 Å². The molecule has 0 radical (unpaired) electrons. The molecule has 1 aliphatic rings. The molecular formula is C15H17NO3. The Hall–Kier alpha value is -1.94. The largest absolute Gasteiger partial charge is 0.465 e. The molecule has 0 spiro atoms. The molecule has 0 fully saturated rings. The number of dihydropyridines is 1. The first-order valence-corrected chi connectivity index (χ1v) is 6.08. The minimum atomic E-state index is -0.319. The molecule has 0 aromatic heterocycles. The summed E-state index contributed by atoms with van der Waals surface area (Å²) < 4.78 is 9.98. The number of aryl methyl sites for hydroxylation is 1. The molecule has 0 N–H and O–H groups in total. The van der Waals surface area contributed by atoms with Gasteiger partial charge in [-0.2, -0.15) is 0 Å². The Morgan fingerprint density at radius 3 is 2.79 bits per heavy atom. The van der Waals surface area contributed by atoms with Crippen LogP contribution in [0.4, 0.5) is 0 Å². The zero-order valence-electron chi connectivity index (χ0n) is 11.3. The molecule has 1 heterocycles. The van der Waals surface area contributed by atoms with E-state index in [2.05, 4.69) is 4.99 Å². The number of nitrogens with zero attached hydrogens (tertiary/aromatic N) is 1.